The zero-order valence-electron chi connectivity index (χ0n) is 19.9. The average molecular weight is 499 g/mol. The van der Waals surface area contributed by atoms with Gasteiger partial charge in [-0.05, 0) is 18.2 Å². The lowest BCUT2D eigenvalue weighted by atomic mass is 9.85. The minimum Gasteiger partial charge on any atom is -0.494 e. The van der Waals surface area contributed by atoms with Gasteiger partial charge in [-0.1, -0.05) is 18.5 Å². The summed E-state index contributed by atoms with van der Waals surface area (Å²) in [6.07, 6.45) is 3.37. The number of ether oxygens (including phenoxy) is 2. The van der Waals surface area contributed by atoms with Gasteiger partial charge in [-0.2, -0.15) is 0 Å². The summed E-state index contributed by atoms with van der Waals surface area (Å²) < 4.78 is 11.0. The van der Waals surface area contributed by atoms with Crippen molar-refractivity contribution in [1.82, 2.24) is 19.9 Å². The van der Waals surface area contributed by atoms with Gasteiger partial charge in [0, 0.05) is 55.6 Å². The number of aromatic nitrogens is 3. The first kappa shape index (κ1) is 24.5. The zero-order valence-corrected chi connectivity index (χ0v) is 20.7. The molecular weight excluding hydrogens is 472 g/mol. The highest BCUT2D eigenvalue weighted by atomic mass is 35.5. The van der Waals surface area contributed by atoms with Crippen LogP contribution in [0.15, 0.2) is 36.7 Å². The molecule has 0 spiro atoms. The van der Waals surface area contributed by atoms with Crippen molar-refractivity contribution in [3.63, 3.8) is 0 Å². The van der Waals surface area contributed by atoms with Gasteiger partial charge in [0.15, 0.2) is 6.61 Å². The molecule has 1 amide bonds. The summed E-state index contributed by atoms with van der Waals surface area (Å²) in [4.78, 5) is 26.7. The van der Waals surface area contributed by atoms with Crippen LogP contribution in [0.25, 0.3) is 11.3 Å². The Morgan fingerprint density at radius 2 is 2.09 bits per heavy atom. The molecule has 0 saturated carbocycles. The molecule has 0 saturated heterocycles. The molecule has 0 fully saturated rings. The number of pyridine rings is 1. The summed E-state index contributed by atoms with van der Waals surface area (Å²) in [5.74, 6) is 1.68. The maximum absolute atomic E-state index is 11.8. The van der Waals surface area contributed by atoms with Gasteiger partial charge in [0.1, 0.15) is 17.3 Å². The van der Waals surface area contributed by atoms with E-state index in [2.05, 4.69) is 25.6 Å². The lowest BCUT2D eigenvalue weighted by molar-refractivity contribution is -0.130. The van der Waals surface area contributed by atoms with Crippen molar-refractivity contribution in [2.24, 2.45) is 0 Å². The fraction of sp³-hybridized carbons (Fsp3) is 0.333. The van der Waals surface area contributed by atoms with E-state index in [1.54, 1.807) is 44.7 Å². The molecule has 10 nitrogen and oxygen atoms in total. The van der Waals surface area contributed by atoms with Crippen LogP contribution in [0.1, 0.15) is 12.5 Å². The number of hydrogen-bond acceptors (Lipinski definition) is 9. The molecule has 11 heteroatoms. The van der Waals surface area contributed by atoms with Crippen molar-refractivity contribution >= 4 is 35.0 Å². The van der Waals surface area contributed by atoms with Crippen LogP contribution in [0.3, 0.4) is 0 Å². The summed E-state index contributed by atoms with van der Waals surface area (Å²) in [6.45, 7) is 2.48. The summed E-state index contributed by atoms with van der Waals surface area (Å²) in [5.41, 5.74) is 2.54. The maximum atomic E-state index is 11.8. The maximum Gasteiger partial charge on any atom is 0.259 e. The van der Waals surface area contributed by atoms with Gasteiger partial charge in [-0.3, -0.25) is 4.79 Å². The fourth-order valence-electron chi connectivity index (χ4n) is 3.60. The van der Waals surface area contributed by atoms with Gasteiger partial charge in [-0.15, -0.1) is 0 Å². The predicted molar refractivity (Wildman–Crippen MR) is 134 cm³/mol. The highest BCUT2D eigenvalue weighted by Gasteiger charge is 2.35. The van der Waals surface area contributed by atoms with Crippen molar-refractivity contribution in [1.29, 1.82) is 0 Å². The molecule has 35 heavy (non-hydrogen) atoms. The van der Waals surface area contributed by atoms with E-state index in [1.165, 1.54) is 12.0 Å². The zero-order chi connectivity index (χ0) is 25.2. The summed E-state index contributed by atoms with van der Waals surface area (Å²) in [5, 5.41) is 16.5. The van der Waals surface area contributed by atoms with E-state index in [0.717, 1.165) is 16.9 Å². The number of carbonyl (C=O) groups excluding carboxylic acids is 1. The number of amides is 1. The standard InChI is InChI=1S/C24H27ClN6O4/c1-24(13-32)12-28-22-15(24)7-14(10-27-22)17-5-6-26-23(29-17)30-18-8-16(25)19(9-20(18)34-4)35-11-21(33)31(2)3/h5-10,32H,11-13H2,1-4H3,(H,27,28)(H,26,29,30). The molecule has 4 rings (SSSR count). The van der Waals surface area contributed by atoms with E-state index in [1.807, 2.05) is 13.0 Å². The van der Waals surface area contributed by atoms with Crippen molar-refractivity contribution in [2.45, 2.75) is 12.3 Å². The SMILES string of the molecule is COc1cc(OCC(=O)N(C)C)c(Cl)cc1Nc1nccc(-c2cnc3c(c2)C(C)(CO)CN3)n1. The first-order valence-electron chi connectivity index (χ1n) is 10.9. The number of fused-ring (bicyclic) bond motifs is 1. The predicted octanol–water partition coefficient (Wildman–Crippen LogP) is 3.09. The number of nitrogens with zero attached hydrogens (tertiary/aromatic N) is 4. The number of benzene rings is 1. The fourth-order valence-corrected chi connectivity index (χ4v) is 3.82. The van der Waals surface area contributed by atoms with E-state index >= 15 is 0 Å². The topological polar surface area (TPSA) is 122 Å². The van der Waals surface area contributed by atoms with Crippen LogP contribution in [0.5, 0.6) is 11.5 Å². The summed E-state index contributed by atoms with van der Waals surface area (Å²) in [7, 11) is 4.81. The number of nitrogens with one attached hydrogen (secondary N) is 2. The molecule has 1 aliphatic heterocycles. The second kappa shape index (κ2) is 9.93. The molecule has 0 radical (unpaired) electrons. The quantitative estimate of drug-likeness (QED) is 0.430. The molecule has 0 bridgehead atoms. The molecule has 1 unspecified atom stereocenters. The Balaban J connectivity index is 1.58. The minimum atomic E-state index is -0.405. The highest BCUT2D eigenvalue weighted by Crippen LogP contribution is 2.38. The average Bonchev–Trinajstić information content (AvgIpc) is 3.20. The normalized spacial score (nSPS) is 16.3. The Hall–Kier alpha value is -3.63. The number of halogens is 1. The van der Waals surface area contributed by atoms with Crippen LogP contribution < -0.4 is 20.1 Å². The molecule has 1 aromatic carbocycles. The number of likely N-dealkylation sites (N-methyl/N-ethyl adjacent to an activating group) is 1. The Labute approximate surface area is 208 Å². The van der Waals surface area contributed by atoms with Gasteiger partial charge in [-0.25, -0.2) is 15.0 Å². The molecule has 3 N–H and O–H groups in total. The number of aliphatic hydroxyl groups is 1. The third-order valence-corrected chi connectivity index (χ3v) is 6.13. The lowest BCUT2D eigenvalue weighted by Gasteiger charge is -2.20. The third kappa shape index (κ3) is 5.08. The number of methoxy groups -OCH3 is 1. The monoisotopic (exact) mass is 498 g/mol. The van der Waals surface area contributed by atoms with Crippen molar-refractivity contribution in [3.05, 3.63) is 47.2 Å². The second-order valence-electron chi connectivity index (χ2n) is 8.64. The van der Waals surface area contributed by atoms with E-state index in [-0.39, 0.29) is 19.1 Å². The van der Waals surface area contributed by atoms with Crippen LogP contribution >= 0.6 is 11.6 Å². The van der Waals surface area contributed by atoms with E-state index in [0.29, 0.717) is 40.4 Å². The largest absolute Gasteiger partial charge is 0.494 e. The van der Waals surface area contributed by atoms with Crippen LogP contribution in [-0.4, -0.2) is 71.8 Å². The number of carbonyl (C=O) groups is 1. The molecule has 1 atom stereocenters. The van der Waals surface area contributed by atoms with Crippen LogP contribution in [0, 0.1) is 0 Å². The summed E-state index contributed by atoms with van der Waals surface area (Å²) in [6, 6.07) is 7.01. The molecule has 0 aliphatic carbocycles. The third-order valence-electron chi connectivity index (χ3n) is 5.83. The lowest BCUT2D eigenvalue weighted by Crippen LogP contribution is -2.28. The Morgan fingerprint density at radius 3 is 2.80 bits per heavy atom. The minimum absolute atomic E-state index is 0.0122. The van der Waals surface area contributed by atoms with Gasteiger partial charge >= 0.3 is 0 Å². The first-order valence-corrected chi connectivity index (χ1v) is 11.3. The molecule has 3 heterocycles. The Kier molecular flexibility index (Phi) is 6.95. The van der Waals surface area contributed by atoms with Gasteiger partial charge in [0.2, 0.25) is 5.95 Å². The van der Waals surface area contributed by atoms with Crippen molar-refractivity contribution < 1.29 is 19.4 Å². The van der Waals surface area contributed by atoms with E-state index in [4.69, 9.17) is 21.1 Å². The Bertz CT molecular complexity index is 1250. The van der Waals surface area contributed by atoms with Gasteiger partial charge in [0.25, 0.3) is 5.91 Å². The van der Waals surface area contributed by atoms with Crippen LogP contribution in [0.2, 0.25) is 5.02 Å². The smallest absolute Gasteiger partial charge is 0.259 e. The number of aliphatic hydroxyl groups excluding tert-OH is 1. The van der Waals surface area contributed by atoms with Gasteiger partial charge in [0.05, 0.1) is 30.1 Å². The highest BCUT2D eigenvalue weighted by molar-refractivity contribution is 6.32. The Morgan fingerprint density at radius 1 is 1.29 bits per heavy atom. The second-order valence-corrected chi connectivity index (χ2v) is 9.05. The number of hydrogen-bond donors (Lipinski definition) is 3. The van der Waals surface area contributed by atoms with E-state index in [9.17, 15) is 9.90 Å². The molecule has 3 aromatic rings. The van der Waals surface area contributed by atoms with Crippen molar-refractivity contribution in [3.8, 4) is 22.8 Å². The number of anilines is 3. The van der Waals surface area contributed by atoms with Crippen LogP contribution in [0.4, 0.5) is 17.5 Å². The van der Waals surface area contributed by atoms with Crippen LogP contribution in [-0.2, 0) is 10.2 Å². The van der Waals surface area contributed by atoms with E-state index < -0.39 is 5.41 Å². The molecular formula is C24H27ClN6O4. The molecule has 1 aliphatic rings. The number of rotatable bonds is 8. The molecule has 184 valence electrons. The van der Waals surface area contributed by atoms with Gasteiger partial charge < -0.3 is 30.1 Å². The van der Waals surface area contributed by atoms with Crippen molar-refractivity contribution in [2.75, 3.05) is 51.6 Å². The first-order chi connectivity index (χ1) is 16.7. The molecule has 2 aromatic heterocycles. The summed E-state index contributed by atoms with van der Waals surface area (Å²) >= 11 is 6.39.